The van der Waals surface area contributed by atoms with Crippen molar-refractivity contribution in [1.29, 1.82) is 0 Å². The Morgan fingerprint density at radius 3 is 2.61 bits per heavy atom. The van der Waals surface area contributed by atoms with E-state index in [1.54, 1.807) is 33.8 Å². The molecule has 5 heteroatoms. The summed E-state index contributed by atoms with van der Waals surface area (Å²) in [4.78, 5) is 27.3. The van der Waals surface area contributed by atoms with Crippen molar-refractivity contribution in [3.8, 4) is 0 Å². The average molecular weight is 250 g/mol. The van der Waals surface area contributed by atoms with E-state index in [4.69, 9.17) is 4.74 Å². The summed E-state index contributed by atoms with van der Waals surface area (Å²) in [5, 5.41) is 2.66. The van der Waals surface area contributed by atoms with E-state index in [0.29, 0.717) is 18.0 Å². The van der Waals surface area contributed by atoms with E-state index in [1.165, 1.54) is 12.3 Å². The van der Waals surface area contributed by atoms with Gasteiger partial charge in [0.2, 0.25) is 5.91 Å². The summed E-state index contributed by atoms with van der Waals surface area (Å²) in [7, 11) is 0. The summed E-state index contributed by atoms with van der Waals surface area (Å²) in [6, 6.07) is 3.05. The molecule has 0 atom stereocenters. The van der Waals surface area contributed by atoms with E-state index in [9.17, 15) is 9.59 Å². The van der Waals surface area contributed by atoms with Crippen molar-refractivity contribution in [1.82, 2.24) is 4.98 Å². The van der Waals surface area contributed by atoms with Crippen molar-refractivity contribution in [2.75, 3.05) is 11.9 Å². The van der Waals surface area contributed by atoms with Crippen LogP contribution >= 0.6 is 0 Å². The predicted octanol–water partition coefficient (Wildman–Crippen LogP) is 2.24. The third kappa shape index (κ3) is 3.84. The lowest BCUT2D eigenvalue weighted by Gasteiger charge is -2.17. The van der Waals surface area contributed by atoms with Crippen LogP contribution in [0.1, 0.15) is 38.1 Å². The zero-order chi connectivity index (χ0) is 13.8. The fourth-order valence-electron chi connectivity index (χ4n) is 1.14. The SMILES string of the molecule is CCOC(=O)c1ccnc(NC(=O)C(C)(C)C)c1. The second kappa shape index (κ2) is 5.62. The molecule has 0 aromatic carbocycles. The van der Waals surface area contributed by atoms with Crippen molar-refractivity contribution < 1.29 is 14.3 Å². The Labute approximate surface area is 107 Å². The molecule has 1 heterocycles. The Hall–Kier alpha value is -1.91. The molecule has 1 N–H and O–H groups in total. The summed E-state index contributed by atoms with van der Waals surface area (Å²) in [6.07, 6.45) is 1.46. The zero-order valence-corrected chi connectivity index (χ0v) is 11.1. The predicted molar refractivity (Wildman–Crippen MR) is 68.3 cm³/mol. The maximum Gasteiger partial charge on any atom is 0.338 e. The zero-order valence-electron chi connectivity index (χ0n) is 11.1. The number of pyridine rings is 1. The number of nitrogens with zero attached hydrogens (tertiary/aromatic N) is 1. The van der Waals surface area contributed by atoms with Gasteiger partial charge in [0, 0.05) is 11.6 Å². The fourth-order valence-corrected chi connectivity index (χ4v) is 1.14. The van der Waals surface area contributed by atoms with Gasteiger partial charge in [0.1, 0.15) is 5.82 Å². The molecule has 0 unspecified atom stereocenters. The van der Waals surface area contributed by atoms with E-state index >= 15 is 0 Å². The molecule has 1 aromatic heterocycles. The van der Waals surface area contributed by atoms with Crippen molar-refractivity contribution in [3.05, 3.63) is 23.9 Å². The first-order valence-electron chi connectivity index (χ1n) is 5.79. The fraction of sp³-hybridized carbons (Fsp3) is 0.462. The molecule has 0 saturated heterocycles. The van der Waals surface area contributed by atoms with Crippen molar-refractivity contribution >= 4 is 17.7 Å². The first-order chi connectivity index (χ1) is 8.34. The molecule has 0 bridgehead atoms. The van der Waals surface area contributed by atoms with E-state index in [1.807, 2.05) is 0 Å². The van der Waals surface area contributed by atoms with Gasteiger partial charge in [-0.1, -0.05) is 20.8 Å². The molecule has 0 fully saturated rings. The minimum atomic E-state index is -0.512. The van der Waals surface area contributed by atoms with Gasteiger partial charge < -0.3 is 10.1 Å². The number of carbonyl (C=O) groups is 2. The quantitative estimate of drug-likeness (QED) is 0.835. The minimum absolute atomic E-state index is 0.156. The van der Waals surface area contributed by atoms with Crippen molar-refractivity contribution in [2.45, 2.75) is 27.7 Å². The van der Waals surface area contributed by atoms with Crippen LogP contribution in [0.25, 0.3) is 0 Å². The van der Waals surface area contributed by atoms with Gasteiger partial charge in [0.15, 0.2) is 0 Å². The number of hydrogen-bond acceptors (Lipinski definition) is 4. The second-order valence-electron chi connectivity index (χ2n) is 4.85. The Bertz CT molecular complexity index is 450. The molecule has 0 aliphatic rings. The number of esters is 1. The molecule has 0 aliphatic heterocycles. The van der Waals surface area contributed by atoms with E-state index in [2.05, 4.69) is 10.3 Å². The third-order valence-corrected chi connectivity index (χ3v) is 2.19. The lowest BCUT2D eigenvalue weighted by Crippen LogP contribution is -2.28. The highest BCUT2D eigenvalue weighted by Crippen LogP contribution is 2.16. The highest BCUT2D eigenvalue weighted by Gasteiger charge is 2.21. The van der Waals surface area contributed by atoms with Crippen LogP contribution in [0.5, 0.6) is 0 Å². The molecule has 1 aromatic rings. The van der Waals surface area contributed by atoms with Crippen LogP contribution < -0.4 is 5.32 Å². The molecule has 0 radical (unpaired) electrons. The maximum absolute atomic E-state index is 11.8. The lowest BCUT2D eigenvalue weighted by atomic mass is 9.96. The summed E-state index contributed by atoms with van der Waals surface area (Å²) in [5.74, 6) is -0.234. The molecule has 5 nitrogen and oxygen atoms in total. The second-order valence-corrected chi connectivity index (χ2v) is 4.85. The highest BCUT2D eigenvalue weighted by molar-refractivity contribution is 5.95. The number of nitrogens with one attached hydrogen (secondary N) is 1. The molecular formula is C13H18N2O3. The van der Waals surface area contributed by atoms with Crippen LogP contribution in [0.4, 0.5) is 5.82 Å². The Kier molecular flexibility index (Phi) is 4.42. The molecule has 0 saturated carbocycles. The van der Waals surface area contributed by atoms with Crippen LogP contribution in [0, 0.1) is 5.41 Å². The monoisotopic (exact) mass is 250 g/mol. The van der Waals surface area contributed by atoms with Gasteiger partial charge in [-0.2, -0.15) is 0 Å². The van der Waals surface area contributed by atoms with E-state index < -0.39 is 11.4 Å². The summed E-state index contributed by atoms with van der Waals surface area (Å²) in [6.45, 7) is 7.46. The van der Waals surface area contributed by atoms with Crippen LogP contribution in [-0.2, 0) is 9.53 Å². The standard InChI is InChI=1S/C13H18N2O3/c1-5-18-11(16)9-6-7-14-10(8-9)15-12(17)13(2,3)4/h6-8H,5H2,1-4H3,(H,14,15,17). The van der Waals surface area contributed by atoms with Gasteiger partial charge in [0.25, 0.3) is 0 Å². The summed E-state index contributed by atoms with van der Waals surface area (Å²) in [5.41, 5.74) is -0.141. The van der Waals surface area contributed by atoms with Gasteiger partial charge in [-0.05, 0) is 19.1 Å². The Morgan fingerprint density at radius 1 is 1.39 bits per heavy atom. The molecule has 98 valence electrons. The number of hydrogen-bond donors (Lipinski definition) is 1. The van der Waals surface area contributed by atoms with Gasteiger partial charge in [-0.25, -0.2) is 9.78 Å². The third-order valence-electron chi connectivity index (χ3n) is 2.19. The Balaban J connectivity index is 2.83. The smallest absolute Gasteiger partial charge is 0.338 e. The molecule has 0 spiro atoms. The minimum Gasteiger partial charge on any atom is -0.462 e. The van der Waals surface area contributed by atoms with Crippen LogP contribution in [0.15, 0.2) is 18.3 Å². The first-order valence-corrected chi connectivity index (χ1v) is 5.79. The maximum atomic E-state index is 11.8. The van der Waals surface area contributed by atoms with E-state index in [-0.39, 0.29) is 5.91 Å². The Morgan fingerprint density at radius 2 is 2.06 bits per heavy atom. The molecule has 1 amide bonds. The normalized spacial score (nSPS) is 10.9. The van der Waals surface area contributed by atoms with Gasteiger partial charge in [-0.15, -0.1) is 0 Å². The number of anilines is 1. The van der Waals surface area contributed by atoms with E-state index in [0.717, 1.165) is 0 Å². The molecule has 18 heavy (non-hydrogen) atoms. The summed E-state index contributed by atoms with van der Waals surface area (Å²) < 4.78 is 4.88. The van der Waals surface area contributed by atoms with Crippen molar-refractivity contribution in [3.63, 3.8) is 0 Å². The van der Waals surface area contributed by atoms with Crippen molar-refractivity contribution in [2.24, 2.45) is 5.41 Å². The molecular weight excluding hydrogens is 232 g/mol. The van der Waals surface area contributed by atoms with Gasteiger partial charge in [-0.3, -0.25) is 4.79 Å². The number of aromatic nitrogens is 1. The largest absolute Gasteiger partial charge is 0.462 e. The summed E-state index contributed by atoms with van der Waals surface area (Å²) >= 11 is 0. The topological polar surface area (TPSA) is 68.3 Å². The van der Waals surface area contributed by atoms with Crippen LogP contribution in [-0.4, -0.2) is 23.5 Å². The molecule has 1 rings (SSSR count). The van der Waals surface area contributed by atoms with Crippen LogP contribution in [0.3, 0.4) is 0 Å². The number of rotatable bonds is 3. The highest BCUT2D eigenvalue weighted by atomic mass is 16.5. The number of carbonyl (C=O) groups excluding carboxylic acids is 2. The van der Waals surface area contributed by atoms with Gasteiger partial charge >= 0.3 is 5.97 Å². The first kappa shape index (κ1) is 14.2. The van der Waals surface area contributed by atoms with Gasteiger partial charge in [0.05, 0.1) is 12.2 Å². The number of ether oxygens (including phenoxy) is 1. The number of amides is 1. The lowest BCUT2D eigenvalue weighted by molar-refractivity contribution is -0.123. The van der Waals surface area contributed by atoms with Crippen LogP contribution in [0.2, 0.25) is 0 Å². The molecule has 0 aliphatic carbocycles. The average Bonchev–Trinajstić information content (AvgIpc) is 2.28.